The van der Waals surface area contributed by atoms with Crippen molar-refractivity contribution in [3.63, 3.8) is 0 Å². The molecule has 0 saturated heterocycles. The minimum Gasteiger partial charge on any atom is -0.478 e. The average Bonchev–Trinajstić information content (AvgIpc) is 2.43. The maximum absolute atomic E-state index is 11.7. The van der Waals surface area contributed by atoms with Gasteiger partial charge in [0.05, 0.1) is 6.54 Å². The highest BCUT2D eigenvalue weighted by molar-refractivity contribution is 5.85. The van der Waals surface area contributed by atoms with Crippen molar-refractivity contribution in [2.24, 2.45) is 0 Å². The summed E-state index contributed by atoms with van der Waals surface area (Å²) in [4.78, 5) is 28.4. The second kappa shape index (κ2) is 8.04. The van der Waals surface area contributed by atoms with E-state index in [1.54, 1.807) is 6.20 Å². The average molecular weight is 291 g/mol. The lowest BCUT2D eigenvalue weighted by molar-refractivity contribution is -0.131. The Morgan fingerprint density at radius 1 is 1.43 bits per heavy atom. The Morgan fingerprint density at radius 3 is 2.67 bits per heavy atom. The van der Waals surface area contributed by atoms with E-state index in [0.717, 1.165) is 17.5 Å². The van der Waals surface area contributed by atoms with Crippen LogP contribution in [0.5, 0.6) is 0 Å². The number of carbonyl (C=O) groups is 2. The van der Waals surface area contributed by atoms with Gasteiger partial charge in [-0.25, -0.2) is 9.78 Å². The second-order valence-corrected chi connectivity index (χ2v) is 4.55. The smallest absolute Gasteiger partial charge is 0.328 e. The van der Waals surface area contributed by atoms with E-state index in [2.05, 4.69) is 10.3 Å². The Bertz CT molecular complexity index is 541. The molecule has 1 amide bonds. The lowest BCUT2D eigenvalue weighted by Crippen LogP contribution is -2.37. The number of likely N-dealkylation sites (N-methyl/N-ethyl adjacent to an activating group) is 2. The van der Waals surface area contributed by atoms with Crippen LogP contribution in [0.1, 0.15) is 25.0 Å². The minimum atomic E-state index is -0.997. The number of carboxylic acids is 1. The molecule has 6 nitrogen and oxygen atoms in total. The molecule has 0 saturated carbocycles. The van der Waals surface area contributed by atoms with Crippen LogP contribution in [0.2, 0.25) is 0 Å². The number of pyridine rings is 1. The van der Waals surface area contributed by atoms with Crippen LogP contribution in [-0.2, 0) is 9.59 Å². The van der Waals surface area contributed by atoms with Crippen molar-refractivity contribution in [3.05, 3.63) is 29.5 Å². The molecule has 0 aliphatic rings. The van der Waals surface area contributed by atoms with E-state index >= 15 is 0 Å². The topological polar surface area (TPSA) is 82.5 Å². The van der Waals surface area contributed by atoms with Gasteiger partial charge in [0.25, 0.3) is 0 Å². The van der Waals surface area contributed by atoms with Gasteiger partial charge in [-0.3, -0.25) is 4.79 Å². The van der Waals surface area contributed by atoms with Gasteiger partial charge in [-0.1, -0.05) is 0 Å². The Balaban J connectivity index is 2.91. The number of aromatic nitrogens is 1. The number of hydrogen-bond acceptors (Lipinski definition) is 4. The molecule has 0 aliphatic carbocycles. The van der Waals surface area contributed by atoms with E-state index in [4.69, 9.17) is 5.11 Å². The number of carbonyl (C=O) groups excluding carboxylic acids is 1. The molecule has 2 N–H and O–H groups in total. The van der Waals surface area contributed by atoms with Crippen LogP contribution in [0.25, 0.3) is 6.08 Å². The predicted molar refractivity (Wildman–Crippen MR) is 82.2 cm³/mol. The highest BCUT2D eigenvalue weighted by Crippen LogP contribution is 2.18. The largest absolute Gasteiger partial charge is 0.478 e. The van der Waals surface area contributed by atoms with Crippen LogP contribution in [0.3, 0.4) is 0 Å². The summed E-state index contributed by atoms with van der Waals surface area (Å²) < 4.78 is 0. The number of hydrogen-bond donors (Lipinski definition) is 2. The molecule has 6 heteroatoms. The number of aryl methyl sites for hydroxylation is 1. The van der Waals surface area contributed by atoms with Gasteiger partial charge in [-0.05, 0) is 44.0 Å². The minimum absolute atomic E-state index is 0.0459. The Labute approximate surface area is 124 Å². The van der Waals surface area contributed by atoms with Crippen molar-refractivity contribution in [3.8, 4) is 0 Å². The molecule has 1 heterocycles. The number of aliphatic carboxylic acids is 1. The molecule has 0 radical (unpaired) electrons. The molecule has 21 heavy (non-hydrogen) atoms. The van der Waals surface area contributed by atoms with Crippen molar-refractivity contribution in [1.29, 1.82) is 0 Å². The van der Waals surface area contributed by atoms with Gasteiger partial charge in [0.15, 0.2) is 0 Å². The molecule has 0 fully saturated rings. The van der Waals surface area contributed by atoms with Crippen LogP contribution in [0.15, 0.2) is 18.3 Å². The summed E-state index contributed by atoms with van der Waals surface area (Å²) in [6.45, 7) is 7.24. The lowest BCUT2D eigenvalue weighted by Gasteiger charge is -2.23. The number of anilines is 1. The molecular weight excluding hydrogens is 270 g/mol. The van der Waals surface area contributed by atoms with Gasteiger partial charge < -0.3 is 15.3 Å². The second-order valence-electron chi connectivity index (χ2n) is 4.55. The van der Waals surface area contributed by atoms with Crippen molar-refractivity contribution in [2.45, 2.75) is 20.8 Å². The fourth-order valence-electron chi connectivity index (χ4n) is 1.94. The molecule has 1 rings (SSSR count). The zero-order valence-corrected chi connectivity index (χ0v) is 12.6. The molecular formula is C15H21N3O3. The van der Waals surface area contributed by atoms with Crippen LogP contribution >= 0.6 is 0 Å². The van der Waals surface area contributed by atoms with Crippen LogP contribution in [0.4, 0.5) is 5.82 Å². The molecule has 1 aromatic rings. The number of carboxylic acid groups (broad SMARTS) is 1. The maximum Gasteiger partial charge on any atom is 0.328 e. The van der Waals surface area contributed by atoms with Crippen molar-refractivity contribution in [2.75, 3.05) is 24.5 Å². The SMILES string of the molecule is CCNC(=O)CN(CC)c1ncc(/C=C/C(=O)O)cc1C. The van der Waals surface area contributed by atoms with Crippen molar-refractivity contribution in [1.82, 2.24) is 10.3 Å². The summed E-state index contributed by atoms with van der Waals surface area (Å²) in [7, 11) is 0. The first kappa shape index (κ1) is 16.7. The van der Waals surface area contributed by atoms with Gasteiger partial charge in [-0.15, -0.1) is 0 Å². The van der Waals surface area contributed by atoms with Gasteiger partial charge in [0.1, 0.15) is 5.82 Å². The standard InChI is InChI=1S/C15H21N3O3/c1-4-16-13(19)10-18(5-2)15-11(3)8-12(9-17-15)6-7-14(20)21/h6-9H,4-5,10H2,1-3H3,(H,16,19)(H,20,21)/b7-6+. The Hall–Kier alpha value is -2.37. The summed E-state index contributed by atoms with van der Waals surface area (Å²) in [6, 6.07) is 1.85. The number of rotatable bonds is 7. The van der Waals surface area contributed by atoms with E-state index < -0.39 is 5.97 Å². The third-order valence-corrected chi connectivity index (χ3v) is 2.88. The first-order valence-corrected chi connectivity index (χ1v) is 6.87. The summed E-state index contributed by atoms with van der Waals surface area (Å²) in [6.07, 6.45) is 4.16. The molecule has 0 unspecified atom stereocenters. The van der Waals surface area contributed by atoms with Crippen molar-refractivity contribution < 1.29 is 14.7 Å². The summed E-state index contributed by atoms with van der Waals surface area (Å²) >= 11 is 0. The molecule has 0 bridgehead atoms. The van der Waals surface area contributed by atoms with Crippen molar-refractivity contribution >= 4 is 23.8 Å². The van der Waals surface area contributed by atoms with Crippen LogP contribution < -0.4 is 10.2 Å². The van der Waals surface area contributed by atoms with Gasteiger partial charge in [-0.2, -0.15) is 0 Å². The van der Waals surface area contributed by atoms with E-state index in [9.17, 15) is 9.59 Å². The summed E-state index contributed by atoms with van der Waals surface area (Å²) in [5, 5.41) is 11.4. The van der Waals surface area contributed by atoms with Crippen LogP contribution in [-0.4, -0.2) is 41.6 Å². The van der Waals surface area contributed by atoms with E-state index in [-0.39, 0.29) is 12.5 Å². The molecule has 0 aliphatic heterocycles. The highest BCUT2D eigenvalue weighted by Gasteiger charge is 2.13. The Morgan fingerprint density at radius 2 is 2.14 bits per heavy atom. The molecule has 0 atom stereocenters. The maximum atomic E-state index is 11.7. The molecule has 0 spiro atoms. The fourth-order valence-corrected chi connectivity index (χ4v) is 1.94. The normalized spacial score (nSPS) is 10.6. The Kier molecular flexibility index (Phi) is 6.39. The monoisotopic (exact) mass is 291 g/mol. The number of amides is 1. The van der Waals surface area contributed by atoms with E-state index in [1.807, 2.05) is 31.7 Å². The van der Waals surface area contributed by atoms with Crippen LogP contribution in [0, 0.1) is 6.92 Å². The fraction of sp³-hybridized carbons (Fsp3) is 0.400. The summed E-state index contributed by atoms with van der Waals surface area (Å²) in [5.74, 6) is -0.310. The number of nitrogens with zero attached hydrogens (tertiary/aromatic N) is 2. The van der Waals surface area contributed by atoms with E-state index in [1.165, 1.54) is 6.08 Å². The van der Waals surface area contributed by atoms with Gasteiger partial charge in [0.2, 0.25) is 5.91 Å². The zero-order chi connectivity index (χ0) is 15.8. The third kappa shape index (κ3) is 5.25. The first-order valence-electron chi connectivity index (χ1n) is 6.87. The first-order chi connectivity index (χ1) is 9.97. The number of nitrogens with one attached hydrogen (secondary N) is 1. The molecule has 1 aromatic heterocycles. The van der Waals surface area contributed by atoms with Gasteiger partial charge >= 0.3 is 5.97 Å². The van der Waals surface area contributed by atoms with Gasteiger partial charge in [0, 0.05) is 25.4 Å². The molecule has 114 valence electrons. The summed E-state index contributed by atoms with van der Waals surface area (Å²) in [5.41, 5.74) is 1.61. The predicted octanol–water partition coefficient (Wildman–Crippen LogP) is 1.45. The quantitative estimate of drug-likeness (QED) is 0.743. The lowest BCUT2D eigenvalue weighted by atomic mass is 10.2. The highest BCUT2D eigenvalue weighted by atomic mass is 16.4. The third-order valence-electron chi connectivity index (χ3n) is 2.88. The molecule has 0 aromatic carbocycles. The van der Waals surface area contributed by atoms with E-state index in [0.29, 0.717) is 18.7 Å². The zero-order valence-electron chi connectivity index (χ0n) is 12.6.